The van der Waals surface area contributed by atoms with Gasteiger partial charge in [0.15, 0.2) is 12.2 Å². The molecular weight excluding hydrogens is 428 g/mol. The Kier molecular flexibility index (Phi) is 6.42. The van der Waals surface area contributed by atoms with Crippen molar-refractivity contribution >= 4 is 46.1 Å². The van der Waals surface area contributed by atoms with Crippen molar-refractivity contribution in [2.75, 3.05) is 27.3 Å². The van der Waals surface area contributed by atoms with E-state index in [0.717, 1.165) is 10.0 Å². The number of carbonyl (C=O) groups is 2. The van der Waals surface area contributed by atoms with E-state index in [1.54, 1.807) is 25.3 Å². The maximum Gasteiger partial charge on any atom is 0.325 e. The number of likely N-dealkylation sites (N-methyl/N-ethyl adjacent to an activating group) is 1. The van der Waals surface area contributed by atoms with Gasteiger partial charge in [-0.05, 0) is 27.6 Å². The third-order valence-electron chi connectivity index (χ3n) is 4.35. The Morgan fingerprint density at radius 3 is 2.86 bits per heavy atom. The van der Waals surface area contributed by atoms with E-state index in [1.807, 2.05) is 36.4 Å². The number of urea groups is 1. The average molecular weight is 449 g/mol. The van der Waals surface area contributed by atoms with Crippen LogP contribution < -0.4 is 10.7 Å². The molecule has 0 aromatic heterocycles. The fraction of sp³-hybridized carbons (Fsp3) is 0.333. The number of imide groups is 1. The van der Waals surface area contributed by atoms with Gasteiger partial charge in [-0.25, -0.2) is 15.2 Å². The molecule has 10 heteroatoms. The van der Waals surface area contributed by atoms with Gasteiger partial charge < -0.3 is 14.5 Å². The summed E-state index contributed by atoms with van der Waals surface area (Å²) < 4.78 is 5.89. The molecule has 2 atom stereocenters. The zero-order valence-corrected chi connectivity index (χ0v) is 17.1. The number of amides is 3. The van der Waals surface area contributed by atoms with Gasteiger partial charge in [-0.15, -0.1) is 0 Å². The number of guanidine groups is 1. The third kappa shape index (κ3) is 4.39. The van der Waals surface area contributed by atoms with Crippen LogP contribution in [0.4, 0.5) is 4.79 Å². The van der Waals surface area contributed by atoms with Gasteiger partial charge in [-0.2, -0.15) is 5.10 Å². The predicted octanol–water partition coefficient (Wildman–Crippen LogP) is 1.19. The Bertz CT molecular complexity index is 826. The lowest BCUT2D eigenvalue weighted by Crippen LogP contribution is -2.64. The van der Waals surface area contributed by atoms with Gasteiger partial charge in [0.2, 0.25) is 5.96 Å². The van der Waals surface area contributed by atoms with Crippen molar-refractivity contribution in [2.45, 2.75) is 12.2 Å². The molecule has 28 heavy (non-hydrogen) atoms. The summed E-state index contributed by atoms with van der Waals surface area (Å²) in [4.78, 5) is 31.8. The molecule has 1 saturated heterocycles. The summed E-state index contributed by atoms with van der Waals surface area (Å²) in [7, 11) is 3.18. The molecule has 2 unspecified atom stereocenters. The normalized spacial score (nSPS) is 22.4. The largest absolute Gasteiger partial charge is 0.383 e. The third-order valence-corrected chi connectivity index (χ3v) is 4.79. The second kappa shape index (κ2) is 8.98. The van der Waals surface area contributed by atoms with Gasteiger partial charge in [0.25, 0.3) is 5.91 Å². The molecule has 3 rings (SSSR count). The minimum absolute atomic E-state index is 0.390. The van der Waals surface area contributed by atoms with E-state index < -0.39 is 18.2 Å². The highest BCUT2D eigenvalue weighted by Gasteiger charge is 2.48. The van der Waals surface area contributed by atoms with Gasteiger partial charge >= 0.3 is 6.03 Å². The lowest BCUT2D eigenvalue weighted by atomic mass is 10.1. The number of methoxy groups -OCH3 is 1. The number of halogens is 1. The molecular formula is C18H21BrN6O3. The molecule has 0 saturated carbocycles. The van der Waals surface area contributed by atoms with E-state index in [9.17, 15) is 9.59 Å². The minimum Gasteiger partial charge on any atom is -0.383 e. The van der Waals surface area contributed by atoms with Crippen molar-refractivity contribution in [1.29, 1.82) is 0 Å². The number of hydrazone groups is 1. The summed E-state index contributed by atoms with van der Waals surface area (Å²) in [6.45, 7) is 0.825. The molecule has 9 nitrogen and oxygen atoms in total. The van der Waals surface area contributed by atoms with Crippen molar-refractivity contribution in [3.05, 3.63) is 40.4 Å². The molecule has 2 aliphatic heterocycles. The molecule has 0 aliphatic carbocycles. The molecule has 0 radical (unpaired) electrons. The average Bonchev–Trinajstić information content (AvgIpc) is 3.04. The van der Waals surface area contributed by atoms with E-state index >= 15 is 0 Å². The van der Waals surface area contributed by atoms with Crippen LogP contribution in [0.25, 0.3) is 6.08 Å². The molecule has 1 aromatic rings. The highest BCUT2D eigenvalue weighted by Crippen LogP contribution is 2.23. The smallest absolute Gasteiger partial charge is 0.325 e. The van der Waals surface area contributed by atoms with Gasteiger partial charge in [0.1, 0.15) is 0 Å². The zero-order chi connectivity index (χ0) is 20.1. The maximum absolute atomic E-state index is 12.3. The van der Waals surface area contributed by atoms with Crippen LogP contribution in [0.5, 0.6) is 0 Å². The van der Waals surface area contributed by atoms with Crippen LogP contribution in [-0.2, 0) is 9.53 Å². The Balaban J connectivity index is 1.74. The van der Waals surface area contributed by atoms with Crippen molar-refractivity contribution < 1.29 is 14.3 Å². The zero-order valence-electron chi connectivity index (χ0n) is 15.5. The van der Waals surface area contributed by atoms with E-state index in [2.05, 4.69) is 36.8 Å². The first-order valence-electron chi connectivity index (χ1n) is 8.63. The first-order chi connectivity index (χ1) is 13.5. The number of rotatable bonds is 6. The van der Waals surface area contributed by atoms with Gasteiger partial charge in [-0.1, -0.05) is 30.3 Å². The van der Waals surface area contributed by atoms with E-state index in [0.29, 0.717) is 19.1 Å². The van der Waals surface area contributed by atoms with Crippen molar-refractivity contribution in [3.63, 3.8) is 0 Å². The number of hydrogen-bond donors (Lipinski definition) is 2. The first-order valence-corrected chi connectivity index (χ1v) is 9.43. The summed E-state index contributed by atoms with van der Waals surface area (Å²) >= 11 is 3.45. The first kappa shape index (κ1) is 20.0. The molecule has 2 heterocycles. The second-order valence-corrected chi connectivity index (χ2v) is 7.13. The van der Waals surface area contributed by atoms with Gasteiger partial charge in [-0.3, -0.25) is 10.1 Å². The molecule has 1 aromatic carbocycles. The van der Waals surface area contributed by atoms with E-state index in [4.69, 9.17) is 4.74 Å². The lowest BCUT2D eigenvalue weighted by molar-refractivity contribution is -0.127. The predicted molar refractivity (Wildman–Crippen MR) is 110 cm³/mol. The van der Waals surface area contributed by atoms with Crippen LogP contribution in [0.15, 0.2) is 44.9 Å². The number of carbonyl (C=O) groups excluding carboxylic acids is 2. The number of hydrogen-bond acceptors (Lipinski definition) is 7. The summed E-state index contributed by atoms with van der Waals surface area (Å²) in [5, 5.41) is 6.53. The Morgan fingerprint density at radius 2 is 2.14 bits per heavy atom. The standard InChI is InChI=1S/C18H21BrN6O3/c1-24-15-14(16(26)22-18(24)27)25(8-9-28-2)17(21-15)23-20-11-13(19)10-12-6-4-3-5-7-12/h3-7,10-11,14-15H,8-9H2,1-2H3,(H,21,23)(H,22,26,27)/b13-10-,20-11+. The van der Waals surface area contributed by atoms with Gasteiger partial charge in [0.05, 0.1) is 12.8 Å². The number of fused-ring (bicyclic) bond motifs is 1. The Labute approximate surface area is 171 Å². The number of aliphatic imine (C=N–C) groups is 1. The molecule has 3 amide bonds. The van der Waals surface area contributed by atoms with Crippen LogP contribution in [0.3, 0.4) is 0 Å². The number of benzene rings is 1. The summed E-state index contributed by atoms with van der Waals surface area (Å²) in [5.74, 6) is 0.0129. The molecule has 1 fully saturated rings. The second-order valence-electron chi connectivity index (χ2n) is 6.21. The minimum atomic E-state index is -0.626. The van der Waals surface area contributed by atoms with Crippen LogP contribution in [0.1, 0.15) is 5.56 Å². The summed E-state index contributed by atoms with van der Waals surface area (Å²) in [5.41, 5.74) is 3.90. The molecule has 0 spiro atoms. The molecule has 0 bridgehead atoms. The molecule has 148 valence electrons. The number of nitrogens with one attached hydrogen (secondary N) is 2. The highest BCUT2D eigenvalue weighted by molar-refractivity contribution is 9.12. The van der Waals surface area contributed by atoms with Crippen LogP contribution in [-0.4, -0.2) is 73.4 Å². The van der Waals surface area contributed by atoms with Crippen molar-refractivity contribution in [1.82, 2.24) is 20.5 Å². The number of allylic oxidation sites excluding steroid dienone is 1. The molecule has 2 aliphatic rings. The number of ether oxygens (including phenoxy) is 1. The van der Waals surface area contributed by atoms with E-state index in [-0.39, 0.29) is 5.91 Å². The van der Waals surface area contributed by atoms with Crippen LogP contribution in [0.2, 0.25) is 0 Å². The SMILES string of the molecule is COCCN1C(N/N=C/C(Br)=C/c2ccccc2)=NC2C1C(=O)NC(=O)N2C. The topological polar surface area (TPSA) is 98.6 Å². The maximum atomic E-state index is 12.3. The van der Waals surface area contributed by atoms with Crippen molar-refractivity contribution in [3.8, 4) is 0 Å². The lowest BCUT2D eigenvalue weighted by Gasteiger charge is -2.35. The molecule has 2 N–H and O–H groups in total. The van der Waals surface area contributed by atoms with Crippen LogP contribution >= 0.6 is 15.9 Å². The highest BCUT2D eigenvalue weighted by atomic mass is 79.9. The fourth-order valence-electron chi connectivity index (χ4n) is 2.95. The number of nitrogens with zero attached hydrogens (tertiary/aromatic N) is 4. The summed E-state index contributed by atoms with van der Waals surface area (Å²) in [6, 6.07) is 8.71. The summed E-state index contributed by atoms with van der Waals surface area (Å²) in [6.07, 6.45) is 2.91. The van der Waals surface area contributed by atoms with Gasteiger partial charge in [0, 0.05) is 25.2 Å². The quantitative estimate of drug-likeness (QED) is 0.503. The fourth-order valence-corrected chi connectivity index (χ4v) is 3.32. The Hall–Kier alpha value is -2.72. The Morgan fingerprint density at radius 1 is 1.39 bits per heavy atom. The van der Waals surface area contributed by atoms with Crippen LogP contribution in [0, 0.1) is 0 Å². The monoisotopic (exact) mass is 448 g/mol. The van der Waals surface area contributed by atoms with Crippen molar-refractivity contribution in [2.24, 2.45) is 10.1 Å². The van der Waals surface area contributed by atoms with E-state index in [1.165, 1.54) is 4.90 Å².